The van der Waals surface area contributed by atoms with E-state index in [2.05, 4.69) is 0 Å². The van der Waals surface area contributed by atoms with Gasteiger partial charge in [-0.2, -0.15) is 0 Å². The Labute approximate surface area is 93.5 Å². The molecule has 2 N–H and O–H groups in total. The minimum absolute atomic E-state index is 0.100. The van der Waals surface area contributed by atoms with E-state index in [-0.39, 0.29) is 13.0 Å². The molecule has 0 heterocycles. The summed E-state index contributed by atoms with van der Waals surface area (Å²) in [5.74, 6) is -0.765. The number of hydrogen-bond donors (Lipinski definition) is 2. The van der Waals surface area contributed by atoms with Gasteiger partial charge in [0.2, 0.25) is 0 Å². The summed E-state index contributed by atoms with van der Waals surface area (Å²) in [5.41, 5.74) is -0.455. The Balaban J connectivity index is 2.32. The Morgan fingerprint density at radius 1 is 1.56 bits per heavy atom. The molecule has 0 aliphatic heterocycles. The molecule has 0 bridgehead atoms. The van der Waals surface area contributed by atoms with Crippen molar-refractivity contribution in [1.82, 2.24) is 0 Å². The molecule has 1 aromatic carbocycles. The lowest BCUT2D eigenvalue weighted by atomic mass is 9.98. The van der Waals surface area contributed by atoms with Gasteiger partial charge in [0.25, 0.3) is 0 Å². The van der Waals surface area contributed by atoms with Crippen LogP contribution in [0.1, 0.15) is 24.2 Å². The van der Waals surface area contributed by atoms with Crippen molar-refractivity contribution in [2.45, 2.75) is 25.0 Å². The van der Waals surface area contributed by atoms with Crippen molar-refractivity contribution in [3.8, 4) is 0 Å². The average molecular weight is 222 g/mol. The van der Waals surface area contributed by atoms with E-state index in [0.717, 1.165) is 5.56 Å². The average Bonchev–Trinajstić information content (AvgIpc) is 2.54. The summed E-state index contributed by atoms with van der Waals surface area (Å²) in [6, 6.07) is 7.06. The predicted octanol–water partition coefficient (Wildman–Crippen LogP) is 0.570. The van der Waals surface area contributed by atoms with Crippen LogP contribution in [0.25, 0.3) is 0 Å². The van der Waals surface area contributed by atoms with Crippen LogP contribution in [0.3, 0.4) is 0 Å². The Morgan fingerprint density at radius 3 is 2.88 bits per heavy atom. The molecule has 2 rings (SSSR count). The van der Waals surface area contributed by atoms with Crippen molar-refractivity contribution in [3.63, 3.8) is 0 Å². The Hall–Kier alpha value is -1.39. The second-order valence-corrected chi connectivity index (χ2v) is 3.92. The number of aliphatic hydroxyl groups is 2. The van der Waals surface area contributed by atoms with Crippen molar-refractivity contribution in [1.29, 1.82) is 0 Å². The maximum Gasteiger partial charge on any atom is 0.341 e. The summed E-state index contributed by atoms with van der Waals surface area (Å²) in [5, 5.41) is 20.1. The van der Waals surface area contributed by atoms with E-state index in [1.54, 1.807) is 25.1 Å². The van der Waals surface area contributed by atoms with Gasteiger partial charge in [-0.25, -0.2) is 4.79 Å². The van der Waals surface area contributed by atoms with Gasteiger partial charge >= 0.3 is 5.97 Å². The minimum atomic E-state index is -1.83. The third-order valence-electron chi connectivity index (χ3n) is 2.89. The number of rotatable bonds is 2. The third-order valence-corrected chi connectivity index (χ3v) is 2.89. The highest BCUT2D eigenvalue weighted by atomic mass is 16.6. The van der Waals surface area contributed by atoms with Gasteiger partial charge in [-0.15, -0.1) is 0 Å². The summed E-state index contributed by atoms with van der Waals surface area (Å²) >= 11 is 0. The fourth-order valence-corrected chi connectivity index (χ4v) is 2.05. The van der Waals surface area contributed by atoms with Crippen molar-refractivity contribution >= 4 is 5.97 Å². The first-order valence-corrected chi connectivity index (χ1v) is 5.25. The highest BCUT2D eigenvalue weighted by Gasteiger charge is 2.51. The van der Waals surface area contributed by atoms with Crippen LogP contribution in [-0.2, 0) is 16.0 Å². The SMILES string of the molecule is CCOC(=O)[C@]1(O)Cc2ccccc2[C@H]1O. The van der Waals surface area contributed by atoms with E-state index in [4.69, 9.17) is 4.74 Å². The van der Waals surface area contributed by atoms with Crippen molar-refractivity contribution in [2.24, 2.45) is 0 Å². The smallest absolute Gasteiger partial charge is 0.341 e. The van der Waals surface area contributed by atoms with E-state index in [1.165, 1.54) is 0 Å². The molecule has 0 radical (unpaired) electrons. The van der Waals surface area contributed by atoms with Gasteiger partial charge in [-0.3, -0.25) is 0 Å². The highest BCUT2D eigenvalue weighted by molar-refractivity contribution is 5.82. The molecule has 0 saturated heterocycles. The Kier molecular flexibility index (Phi) is 2.69. The highest BCUT2D eigenvalue weighted by Crippen LogP contribution is 2.39. The normalized spacial score (nSPS) is 27.6. The number of carbonyl (C=O) groups excluding carboxylic acids is 1. The molecule has 0 aromatic heterocycles. The number of fused-ring (bicyclic) bond motifs is 1. The molecule has 1 aromatic rings. The molecule has 4 heteroatoms. The topological polar surface area (TPSA) is 66.8 Å². The molecule has 0 spiro atoms. The zero-order chi connectivity index (χ0) is 11.8. The van der Waals surface area contributed by atoms with Gasteiger partial charge in [0.05, 0.1) is 6.61 Å². The van der Waals surface area contributed by atoms with Crippen LogP contribution in [-0.4, -0.2) is 28.4 Å². The van der Waals surface area contributed by atoms with Gasteiger partial charge in [0.15, 0.2) is 5.60 Å². The molecular formula is C12H14O4. The molecule has 0 fully saturated rings. The number of carbonyl (C=O) groups is 1. The number of benzene rings is 1. The van der Waals surface area contributed by atoms with E-state index in [9.17, 15) is 15.0 Å². The number of hydrogen-bond acceptors (Lipinski definition) is 4. The summed E-state index contributed by atoms with van der Waals surface area (Å²) in [6.07, 6.45) is -1.11. The zero-order valence-corrected chi connectivity index (χ0v) is 9.01. The monoisotopic (exact) mass is 222 g/mol. The number of aliphatic hydroxyl groups excluding tert-OH is 1. The van der Waals surface area contributed by atoms with Gasteiger partial charge in [-0.05, 0) is 18.1 Å². The molecule has 0 unspecified atom stereocenters. The van der Waals surface area contributed by atoms with Crippen LogP contribution >= 0.6 is 0 Å². The van der Waals surface area contributed by atoms with Crippen LogP contribution in [0.5, 0.6) is 0 Å². The van der Waals surface area contributed by atoms with Crippen molar-refractivity contribution in [2.75, 3.05) is 6.61 Å². The molecule has 1 aliphatic carbocycles. The van der Waals surface area contributed by atoms with Gasteiger partial charge in [0.1, 0.15) is 6.10 Å². The quantitative estimate of drug-likeness (QED) is 0.718. The largest absolute Gasteiger partial charge is 0.464 e. The fraction of sp³-hybridized carbons (Fsp3) is 0.417. The van der Waals surface area contributed by atoms with E-state index in [0.29, 0.717) is 5.56 Å². The molecule has 16 heavy (non-hydrogen) atoms. The molecule has 86 valence electrons. The van der Waals surface area contributed by atoms with E-state index in [1.807, 2.05) is 6.07 Å². The van der Waals surface area contributed by atoms with Crippen LogP contribution < -0.4 is 0 Å². The zero-order valence-electron chi connectivity index (χ0n) is 9.01. The molecule has 0 saturated carbocycles. The second-order valence-electron chi connectivity index (χ2n) is 3.92. The molecule has 2 atom stereocenters. The second kappa shape index (κ2) is 3.88. The fourth-order valence-electron chi connectivity index (χ4n) is 2.05. The Bertz CT molecular complexity index is 415. The summed E-state index contributed by atoms with van der Waals surface area (Å²) < 4.78 is 4.78. The molecule has 4 nitrogen and oxygen atoms in total. The molecule has 0 amide bonds. The van der Waals surface area contributed by atoms with Crippen molar-refractivity contribution < 1.29 is 19.7 Å². The van der Waals surface area contributed by atoms with Crippen LogP contribution in [0.15, 0.2) is 24.3 Å². The predicted molar refractivity (Wildman–Crippen MR) is 56.7 cm³/mol. The minimum Gasteiger partial charge on any atom is -0.464 e. The summed E-state index contributed by atoms with van der Waals surface area (Å²) in [4.78, 5) is 11.6. The van der Waals surface area contributed by atoms with Gasteiger partial charge in [0, 0.05) is 6.42 Å². The van der Waals surface area contributed by atoms with Crippen LogP contribution in [0.2, 0.25) is 0 Å². The lowest BCUT2D eigenvalue weighted by Crippen LogP contribution is -2.44. The lowest BCUT2D eigenvalue weighted by Gasteiger charge is -2.24. The maximum atomic E-state index is 11.6. The first-order chi connectivity index (χ1) is 7.59. The van der Waals surface area contributed by atoms with Crippen LogP contribution in [0, 0.1) is 0 Å². The summed E-state index contributed by atoms with van der Waals surface area (Å²) in [7, 11) is 0. The first kappa shape index (κ1) is 11.1. The molecular weight excluding hydrogens is 208 g/mol. The van der Waals surface area contributed by atoms with E-state index < -0.39 is 17.7 Å². The first-order valence-electron chi connectivity index (χ1n) is 5.25. The number of esters is 1. The van der Waals surface area contributed by atoms with E-state index >= 15 is 0 Å². The van der Waals surface area contributed by atoms with Crippen LogP contribution in [0.4, 0.5) is 0 Å². The maximum absolute atomic E-state index is 11.6. The Morgan fingerprint density at radius 2 is 2.25 bits per heavy atom. The molecule has 1 aliphatic rings. The van der Waals surface area contributed by atoms with Gasteiger partial charge < -0.3 is 14.9 Å². The number of ether oxygens (including phenoxy) is 1. The summed E-state index contributed by atoms with van der Waals surface area (Å²) in [6.45, 7) is 1.85. The van der Waals surface area contributed by atoms with Gasteiger partial charge in [-0.1, -0.05) is 24.3 Å². The van der Waals surface area contributed by atoms with Crippen molar-refractivity contribution in [3.05, 3.63) is 35.4 Å². The lowest BCUT2D eigenvalue weighted by molar-refractivity contribution is -0.176. The standard InChI is InChI=1S/C12H14O4/c1-2-16-11(14)12(15)7-8-5-3-4-6-9(8)10(12)13/h3-6,10,13,15H,2,7H2,1H3/t10-,12+/m1/s1. The third kappa shape index (κ3) is 1.50.